The molecule has 6 nitrogen and oxygen atoms in total. The van der Waals surface area contributed by atoms with Crippen LogP contribution in [-0.2, 0) is 16.0 Å². The average molecular weight is 492 g/mol. The topological polar surface area (TPSA) is 87.1 Å². The first-order chi connectivity index (χ1) is 16.0. The molecule has 0 saturated carbocycles. The molecule has 0 radical (unpaired) electrons. The number of anilines is 1. The van der Waals surface area contributed by atoms with E-state index in [1.165, 1.54) is 11.3 Å². The van der Waals surface area contributed by atoms with Crippen molar-refractivity contribution in [2.45, 2.75) is 63.3 Å². The van der Waals surface area contributed by atoms with E-state index >= 15 is 0 Å². The van der Waals surface area contributed by atoms with Crippen molar-refractivity contribution in [2.75, 3.05) is 23.9 Å². The number of thiophene rings is 1. The number of esters is 1. The lowest BCUT2D eigenvalue weighted by Gasteiger charge is -2.24. The van der Waals surface area contributed by atoms with E-state index in [1.54, 1.807) is 17.8 Å². The van der Waals surface area contributed by atoms with Crippen LogP contribution in [0.1, 0.15) is 71.7 Å². The van der Waals surface area contributed by atoms with Gasteiger partial charge in [0.1, 0.15) is 11.5 Å². The number of aryl methyl sites for hydroxylation is 1. The van der Waals surface area contributed by atoms with Crippen molar-refractivity contribution in [1.29, 1.82) is 0 Å². The van der Waals surface area contributed by atoms with Crippen LogP contribution < -0.4 is 4.90 Å². The minimum atomic E-state index is -0.457. The summed E-state index contributed by atoms with van der Waals surface area (Å²) in [6.07, 6.45) is 6.17. The highest BCUT2D eigenvalue weighted by molar-refractivity contribution is 8.01. The van der Waals surface area contributed by atoms with Gasteiger partial charge >= 0.3 is 5.97 Å². The smallest absolute Gasteiger partial charge is 0.348 e. The summed E-state index contributed by atoms with van der Waals surface area (Å²) >= 11 is 3.08. The van der Waals surface area contributed by atoms with Crippen LogP contribution in [0.25, 0.3) is 0 Å². The highest BCUT2D eigenvalue weighted by atomic mass is 32.2. The minimum absolute atomic E-state index is 0.00757. The molecule has 1 saturated heterocycles. The largest absolute Gasteiger partial charge is 0.459 e. The van der Waals surface area contributed by atoms with Crippen LogP contribution in [0.3, 0.4) is 0 Å². The van der Waals surface area contributed by atoms with Gasteiger partial charge in [0, 0.05) is 10.6 Å². The van der Waals surface area contributed by atoms with Crippen molar-refractivity contribution in [3.05, 3.63) is 51.7 Å². The molecule has 180 valence electrons. The first-order valence-corrected chi connectivity index (χ1v) is 13.5. The third-order valence-corrected chi connectivity index (χ3v) is 8.02. The van der Waals surface area contributed by atoms with Crippen LogP contribution in [0.5, 0.6) is 0 Å². The first-order valence-electron chi connectivity index (χ1n) is 11.6. The predicted molar refractivity (Wildman–Crippen MR) is 134 cm³/mol. The van der Waals surface area contributed by atoms with Gasteiger partial charge < -0.3 is 14.9 Å². The normalized spacial score (nSPS) is 16.9. The van der Waals surface area contributed by atoms with Crippen molar-refractivity contribution in [3.8, 4) is 0 Å². The van der Waals surface area contributed by atoms with Gasteiger partial charge in [0.15, 0.2) is 0 Å². The van der Waals surface area contributed by atoms with Crippen molar-refractivity contribution >= 4 is 40.7 Å². The highest BCUT2D eigenvalue weighted by Gasteiger charge is 2.32. The summed E-state index contributed by atoms with van der Waals surface area (Å²) < 4.78 is 4.96. The van der Waals surface area contributed by atoms with Gasteiger partial charge in [-0.3, -0.25) is 9.69 Å². The summed E-state index contributed by atoms with van der Waals surface area (Å²) in [6.45, 7) is 1.98. The second-order valence-electron chi connectivity index (χ2n) is 8.15. The van der Waals surface area contributed by atoms with Gasteiger partial charge in [-0.15, -0.1) is 23.1 Å². The molecule has 1 aliphatic rings. The molecular formula is C25H33NO5S2. The van der Waals surface area contributed by atoms with E-state index in [0.29, 0.717) is 10.6 Å². The van der Waals surface area contributed by atoms with Gasteiger partial charge in [0.2, 0.25) is 5.91 Å². The van der Waals surface area contributed by atoms with Crippen LogP contribution in [0.4, 0.5) is 5.69 Å². The number of nitrogens with zero attached hydrogens (tertiary/aromatic N) is 1. The van der Waals surface area contributed by atoms with E-state index in [-0.39, 0.29) is 24.5 Å². The second-order valence-corrected chi connectivity index (χ2v) is 10.5. The number of benzene rings is 1. The van der Waals surface area contributed by atoms with Gasteiger partial charge in [-0.1, -0.05) is 38.3 Å². The van der Waals surface area contributed by atoms with Crippen molar-refractivity contribution in [1.82, 2.24) is 0 Å². The number of rotatable bonds is 13. The number of unbranched alkanes of at least 4 members (excludes halogenated alkanes) is 2. The maximum absolute atomic E-state index is 12.6. The Balaban J connectivity index is 1.53. The third kappa shape index (κ3) is 7.30. The summed E-state index contributed by atoms with van der Waals surface area (Å²) in [6, 6.07) is 11.5. The third-order valence-electron chi connectivity index (χ3n) is 5.65. The van der Waals surface area contributed by atoms with E-state index < -0.39 is 12.1 Å². The van der Waals surface area contributed by atoms with Gasteiger partial charge in [0.25, 0.3) is 0 Å². The fourth-order valence-electron chi connectivity index (χ4n) is 3.89. The zero-order chi connectivity index (χ0) is 23.6. The fourth-order valence-corrected chi connectivity index (χ4v) is 6.03. The number of amides is 1. The number of hydrogen-bond donors (Lipinski definition) is 2. The Morgan fingerprint density at radius 2 is 1.97 bits per heavy atom. The Labute approximate surface area is 204 Å². The Hall–Kier alpha value is -1.87. The van der Waals surface area contributed by atoms with Gasteiger partial charge in [0.05, 0.1) is 23.8 Å². The molecule has 1 fully saturated rings. The lowest BCUT2D eigenvalue weighted by molar-refractivity contribution is -0.115. The number of carbonyl (C=O) groups excluding carboxylic acids is 2. The van der Waals surface area contributed by atoms with E-state index in [2.05, 4.69) is 6.92 Å². The maximum atomic E-state index is 12.6. The zero-order valence-corrected chi connectivity index (χ0v) is 20.7. The standard InChI is InChI=1S/C25H33NO5S2/c1-2-3-4-7-21(28)18-9-11-19(12-10-18)26-23(29)17-32-24(26)8-5-6-20-13-14-22(33-20)25(30)31-16-15-27/h9-14,21,24,27-28H,2-8,15-17H2,1H3. The van der Waals surface area contributed by atoms with Crippen LogP contribution in [-0.4, -0.2) is 46.4 Å². The molecule has 33 heavy (non-hydrogen) atoms. The Kier molecular flexibility index (Phi) is 10.2. The molecule has 2 atom stereocenters. The van der Waals surface area contributed by atoms with Gasteiger partial charge in [-0.2, -0.15) is 0 Å². The molecule has 2 unspecified atom stereocenters. The molecular weight excluding hydrogens is 458 g/mol. The Morgan fingerprint density at radius 1 is 1.18 bits per heavy atom. The molecule has 0 spiro atoms. The number of carbonyl (C=O) groups is 2. The molecule has 1 aromatic carbocycles. The van der Waals surface area contributed by atoms with Crippen LogP contribution in [0.2, 0.25) is 0 Å². The molecule has 2 heterocycles. The molecule has 8 heteroatoms. The molecule has 2 aromatic rings. The van der Waals surface area contributed by atoms with Crippen molar-refractivity contribution in [2.24, 2.45) is 0 Å². The summed E-state index contributed by atoms with van der Waals surface area (Å²) in [7, 11) is 0. The molecule has 1 aromatic heterocycles. The summed E-state index contributed by atoms with van der Waals surface area (Å²) in [5, 5.41) is 19.2. The van der Waals surface area contributed by atoms with Crippen LogP contribution in [0.15, 0.2) is 36.4 Å². The number of aliphatic hydroxyl groups excluding tert-OH is 2. The average Bonchev–Trinajstić information content (AvgIpc) is 3.44. The number of ether oxygens (including phenoxy) is 1. The van der Waals surface area contributed by atoms with E-state index in [4.69, 9.17) is 9.84 Å². The SMILES string of the molecule is CCCCCC(O)c1ccc(N2C(=O)CSC2CCCc2ccc(C(=O)OCCO)s2)cc1. The predicted octanol–water partition coefficient (Wildman–Crippen LogP) is 4.94. The molecule has 0 bridgehead atoms. The Morgan fingerprint density at radius 3 is 2.70 bits per heavy atom. The zero-order valence-electron chi connectivity index (χ0n) is 19.1. The molecule has 2 N–H and O–H groups in total. The summed E-state index contributed by atoms with van der Waals surface area (Å²) in [5.41, 5.74) is 1.78. The second kappa shape index (κ2) is 13.1. The number of hydrogen-bond acceptors (Lipinski definition) is 7. The molecule has 1 amide bonds. The van der Waals surface area contributed by atoms with Crippen LogP contribution >= 0.6 is 23.1 Å². The Bertz CT molecular complexity index is 898. The summed E-state index contributed by atoms with van der Waals surface area (Å²) in [4.78, 5) is 28.0. The lowest BCUT2D eigenvalue weighted by atomic mass is 10.0. The van der Waals surface area contributed by atoms with Crippen molar-refractivity contribution in [3.63, 3.8) is 0 Å². The monoisotopic (exact) mass is 491 g/mol. The number of aliphatic hydroxyl groups is 2. The molecule has 0 aliphatic carbocycles. The van der Waals surface area contributed by atoms with E-state index in [1.807, 2.05) is 35.2 Å². The fraction of sp³-hybridized carbons (Fsp3) is 0.520. The van der Waals surface area contributed by atoms with E-state index in [0.717, 1.165) is 61.1 Å². The van der Waals surface area contributed by atoms with Gasteiger partial charge in [-0.25, -0.2) is 4.79 Å². The quantitative estimate of drug-likeness (QED) is 0.305. The highest BCUT2D eigenvalue weighted by Crippen LogP contribution is 2.34. The minimum Gasteiger partial charge on any atom is -0.459 e. The lowest BCUT2D eigenvalue weighted by Crippen LogP contribution is -2.32. The first kappa shape index (κ1) is 25.7. The van der Waals surface area contributed by atoms with Gasteiger partial charge in [-0.05, 0) is 55.5 Å². The van der Waals surface area contributed by atoms with Crippen LogP contribution in [0, 0.1) is 0 Å². The number of thioether (sulfide) groups is 1. The summed E-state index contributed by atoms with van der Waals surface area (Å²) in [5.74, 6) is 0.194. The maximum Gasteiger partial charge on any atom is 0.348 e. The molecule has 3 rings (SSSR count). The van der Waals surface area contributed by atoms with Crippen molar-refractivity contribution < 1.29 is 24.5 Å². The van der Waals surface area contributed by atoms with E-state index in [9.17, 15) is 14.7 Å². The molecule has 1 aliphatic heterocycles.